The van der Waals surface area contributed by atoms with Gasteiger partial charge in [-0.3, -0.25) is 14.4 Å². The zero-order chi connectivity index (χ0) is 65.0. The van der Waals surface area contributed by atoms with Crippen LogP contribution >= 0.6 is 0 Å². The van der Waals surface area contributed by atoms with Gasteiger partial charge in [0.25, 0.3) is 17.7 Å². The van der Waals surface area contributed by atoms with Crippen LogP contribution in [0.4, 0.5) is 0 Å². The van der Waals surface area contributed by atoms with Crippen molar-refractivity contribution < 1.29 is 72.8 Å². The second-order valence-electron chi connectivity index (χ2n) is 19.7. The van der Waals surface area contributed by atoms with Gasteiger partial charge in [0.1, 0.15) is 31.5 Å². The Kier molecular flexibility index (Phi) is 26.2. The second-order valence-corrected chi connectivity index (χ2v) is 19.7. The first-order valence-electron chi connectivity index (χ1n) is 28.2. The number of methoxy groups -OCH3 is 1. The van der Waals surface area contributed by atoms with Gasteiger partial charge in [0.2, 0.25) is 0 Å². The number of carbonyl (C=O) groups excluding carboxylic acids is 4. The van der Waals surface area contributed by atoms with Gasteiger partial charge in [-0.25, -0.2) is 14.4 Å². The van der Waals surface area contributed by atoms with E-state index >= 15 is 0 Å². The van der Waals surface area contributed by atoms with E-state index < -0.39 is 48.8 Å². The third kappa shape index (κ3) is 16.4. The molecule has 0 saturated heterocycles. The van der Waals surface area contributed by atoms with Crippen LogP contribution in [0, 0.1) is 0 Å². The Balaban J connectivity index is 0.000000248. The lowest BCUT2D eigenvalue weighted by Crippen LogP contribution is -2.26. The molecule has 0 bridgehead atoms. The Labute approximate surface area is 531 Å². The molecule has 0 radical (unpaired) electrons. The molecule has 0 spiro atoms. The van der Waals surface area contributed by atoms with Gasteiger partial charge < -0.3 is 74.9 Å². The summed E-state index contributed by atoms with van der Waals surface area (Å²) in [6.45, 7) is 6.13. The highest BCUT2D eigenvalue weighted by Crippen LogP contribution is 2.39. The van der Waals surface area contributed by atoms with Crippen molar-refractivity contribution in [2.75, 3.05) is 41.2 Å². The van der Waals surface area contributed by atoms with Gasteiger partial charge in [-0.05, 0) is 72.4 Å². The summed E-state index contributed by atoms with van der Waals surface area (Å²) < 4.78 is 27.6. The van der Waals surface area contributed by atoms with Gasteiger partial charge in [-0.1, -0.05) is 160 Å². The normalized spacial score (nSPS) is 11.2. The molecule has 0 aliphatic heterocycles. The Morgan fingerprint density at radius 1 is 0.424 bits per heavy atom. The molecule has 9 rings (SSSR count). The van der Waals surface area contributed by atoms with Crippen molar-refractivity contribution in [3.63, 3.8) is 0 Å². The van der Waals surface area contributed by atoms with Crippen LogP contribution in [0.1, 0.15) is 86.1 Å². The summed E-state index contributed by atoms with van der Waals surface area (Å²) in [6, 6.07) is 45.6. The number of carboxylic acids is 2. The maximum absolute atomic E-state index is 12.3. The number of aromatic nitrogens is 3. The third-order valence-corrected chi connectivity index (χ3v) is 14.2. The summed E-state index contributed by atoms with van der Waals surface area (Å²) in [5.74, 6) is -4.10. The van der Waals surface area contributed by atoms with Crippen molar-refractivity contribution in [2.45, 2.75) is 74.5 Å². The van der Waals surface area contributed by atoms with Crippen molar-refractivity contribution in [1.29, 1.82) is 0 Å². The fraction of sp³-hybridized carbons (Fsp3) is 0.250. The lowest BCUT2D eigenvalue weighted by Gasteiger charge is -2.11. The predicted octanol–water partition coefficient (Wildman–Crippen LogP) is 8.84. The fourth-order valence-corrected chi connectivity index (χ4v) is 10.6. The molecule has 92 heavy (non-hydrogen) atoms. The zero-order valence-electron chi connectivity index (χ0n) is 50.4. The lowest BCUT2D eigenvalue weighted by molar-refractivity contribution is -0.143. The number of benzene rings is 6. The summed E-state index contributed by atoms with van der Waals surface area (Å²) in [6.07, 6.45) is 1.69. The number of amides is 3. The first-order chi connectivity index (χ1) is 43.5. The molecule has 3 aromatic heterocycles. The molecule has 24 nitrogen and oxygen atoms in total. The Morgan fingerprint density at radius 2 is 0.717 bits per heavy atom. The van der Waals surface area contributed by atoms with Gasteiger partial charge in [0, 0.05) is 53.4 Å². The minimum absolute atomic E-state index is 0. The molecule has 9 aromatic rings. The van der Waals surface area contributed by atoms with Crippen LogP contribution in [0.25, 0.3) is 32.7 Å². The van der Waals surface area contributed by atoms with E-state index in [9.17, 15) is 34.0 Å². The zero-order valence-corrected chi connectivity index (χ0v) is 50.4. The maximum Gasteiger partial charge on any atom is 0.343 e. The summed E-state index contributed by atoms with van der Waals surface area (Å²) in [5.41, 5.74) is 25.6. The topological polar surface area (TPSA) is 348 Å². The first kappa shape index (κ1) is 71.3. The fourth-order valence-electron chi connectivity index (χ4n) is 10.6. The van der Waals surface area contributed by atoms with Gasteiger partial charge >= 0.3 is 17.9 Å². The summed E-state index contributed by atoms with van der Waals surface area (Å²) >= 11 is 0. The summed E-state index contributed by atoms with van der Waals surface area (Å²) in [7, 11) is 3.98. The third-order valence-electron chi connectivity index (χ3n) is 14.2. The molecule has 0 aliphatic rings. The SMILES string of the molecule is C.C.CCc1c(/C(=N/O)C(N)=O)c2c(OCC(=O)O)cccc2n1Cc1ccccc1.CCc1c(/C(=N/OC)C(N)=O)c2c(OCC(=O)O)cccc2n1Cc1ccccc1.CCc1c(/C(=N/OC)C(N)=O)c2c(OCC(=O)OC)cccc2n1Cc1ccccc1. The number of ether oxygens (including phenoxy) is 4. The molecule has 24 heteroatoms. The van der Waals surface area contributed by atoms with Crippen LogP contribution in [0.5, 0.6) is 17.2 Å². The average molecular weight is 1260 g/mol. The van der Waals surface area contributed by atoms with E-state index in [0.717, 1.165) is 44.8 Å². The van der Waals surface area contributed by atoms with Gasteiger partial charge in [0.05, 0.1) is 39.8 Å². The van der Waals surface area contributed by atoms with Crippen molar-refractivity contribution in [2.24, 2.45) is 32.7 Å². The molecule has 0 aliphatic carbocycles. The number of nitrogens with zero attached hydrogens (tertiary/aromatic N) is 6. The summed E-state index contributed by atoms with van der Waals surface area (Å²) in [5, 5.41) is 40.1. The number of hydrogen-bond acceptors (Lipinski definition) is 16. The predicted molar refractivity (Wildman–Crippen MR) is 351 cm³/mol. The molecular formula is C68H77N9O15. The standard InChI is InChI=1S/C23H25N3O5.C22H23N3O5.C21H21N3O5.2CH4/c1-4-16-21(22(23(24)28)25-30-3)20-17(26(16)13-15-9-6-5-7-10-15)11-8-12-18(20)31-14-19(27)29-2;1-3-15-20(21(22(23)28)24-29-2)19-16(10-7-11-17(19)30-13-18(26)27)25(15)12-14-8-5-4-6-9-14;1-2-14-19(20(23-28)21(22)27)18-15(9-6-10-16(18)29-12-17(25)26)24(14)11-13-7-4-3-5-8-13;;/h5-12H,4,13-14H2,1-3H3,(H2,24,28);4-11H,3,12-13H2,1-2H3,(H2,23,28)(H,26,27);3-10,28H,2,11-12H2,1H3,(H2,22,27)(H,25,26);2*1H4/b25-22-;24-21-;23-20-;;. The lowest BCUT2D eigenvalue weighted by atomic mass is 10.0. The van der Waals surface area contributed by atoms with Crippen LogP contribution in [0.3, 0.4) is 0 Å². The second kappa shape index (κ2) is 33.8. The highest BCUT2D eigenvalue weighted by Gasteiger charge is 2.30. The Morgan fingerprint density at radius 3 is 0.967 bits per heavy atom. The molecule has 3 amide bonds. The molecule has 0 unspecified atom stereocenters. The summed E-state index contributed by atoms with van der Waals surface area (Å²) in [4.78, 5) is 80.0. The van der Waals surface area contributed by atoms with E-state index in [0.29, 0.717) is 88.8 Å². The van der Waals surface area contributed by atoms with Crippen LogP contribution in [0.2, 0.25) is 0 Å². The maximum atomic E-state index is 12.3. The number of primary amides is 3. The number of hydrogen-bond donors (Lipinski definition) is 6. The van der Waals surface area contributed by atoms with Crippen LogP contribution in [-0.2, 0) is 82.1 Å². The number of fused-ring (bicyclic) bond motifs is 3. The molecule has 6 aromatic carbocycles. The van der Waals surface area contributed by atoms with E-state index in [-0.39, 0.29) is 44.3 Å². The molecule has 0 saturated carbocycles. The Hall–Kier alpha value is -11.4. The number of oxime groups is 3. The highest BCUT2D eigenvalue weighted by molar-refractivity contribution is 6.48. The van der Waals surface area contributed by atoms with E-state index in [1.807, 2.05) is 141 Å². The average Bonchev–Trinajstić information content (AvgIpc) is 1.62. The molecule has 3 heterocycles. The minimum atomic E-state index is -1.13. The minimum Gasteiger partial charge on any atom is -0.481 e. The number of aliphatic carboxylic acids is 2. The van der Waals surface area contributed by atoms with Crippen molar-refractivity contribution in [3.8, 4) is 17.2 Å². The monoisotopic (exact) mass is 1260 g/mol. The van der Waals surface area contributed by atoms with E-state index in [1.165, 1.54) is 21.3 Å². The van der Waals surface area contributed by atoms with E-state index in [4.69, 9.17) is 51.3 Å². The number of nitrogens with two attached hydrogens (primary N) is 3. The number of carboxylic acid groups (broad SMARTS) is 2. The van der Waals surface area contributed by atoms with Gasteiger partial charge in [-0.2, -0.15) is 0 Å². The molecule has 484 valence electrons. The van der Waals surface area contributed by atoms with Crippen LogP contribution < -0.4 is 31.4 Å². The van der Waals surface area contributed by atoms with Gasteiger partial charge in [-0.15, -0.1) is 0 Å². The molecular weight excluding hydrogens is 1180 g/mol. The van der Waals surface area contributed by atoms with Crippen molar-refractivity contribution in [3.05, 3.63) is 196 Å². The van der Waals surface area contributed by atoms with Crippen LogP contribution in [-0.4, -0.2) is 123 Å². The number of esters is 1. The van der Waals surface area contributed by atoms with Crippen molar-refractivity contribution >= 4 is 85.5 Å². The smallest absolute Gasteiger partial charge is 0.343 e. The molecule has 0 atom stereocenters. The highest BCUT2D eigenvalue weighted by atomic mass is 16.6. The van der Waals surface area contributed by atoms with Gasteiger partial charge in [0.15, 0.2) is 37.0 Å². The number of rotatable bonds is 26. The number of carbonyl (C=O) groups is 6. The van der Waals surface area contributed by atoms with Crippen molar-refractivity contribution in [1.82, 2.24) is 13.7 Å². The Bertz CT molecular complexity index is 4150. The quantitative estimate of drug-likeness (QED) is 0.0128. The van der Waals surface area contributed by atoms with Crippen LogP contribution in [0.15, 0.2) is 161 Å². The van der Waals surface area contributed by atoms with E-state index in [1.54, 1.807) is 30.3 Å². The first-order valence-corrected chi connectivity index (χ1v) is 28.2. The molecule has 0 fully saturated rings. The van der Waals surface area contributed by atoms with E-state index in [2.05, 4.69) is 29.3 Å². The molecule has 9 N–H and O–H groups in total. The largest absolute Gasteiger partial charge is 0.481 e.